The van der Waals surface area contributed by atoms with Crippen LogP contribution in [0.5, 0.6) is 0 Å². The van der Waals surface area contributed by atoms with E-state index in [1.165, 1.54) is 32.8 Å². The van der Waals surface area contributed by atoms with Gasteiger partial charge in [-0.2, -0.15) is 0 Å². The Bertz CT molecular complexity index is 1260. The highest BCUT2D eigenvalue weighted by atomic mass is 35.5. The van der Waals surface area contributed by atoms with E-state index in [1.807, 2.05) is 30.6 Å². The Labute approximate surface area is 162 Å². The molecule has 0 saturated heterocycles. The maximum absolute atomic E-state index is 6.42. The Hall–Kier alpha value is -3.16. The quantitative estimate of drug-likeness (QED) is 0.297. The molecule has 27 heavy (non-hydrogen) atoms. The van der Waals surface area contributed by atoms with E-state index in [0.29, 0.717) is 0 Å². The third kappa shape index (κ3) is 2.68. The molecule has 0 fully saturated rings. The molecule has 0 aliphatic rings. The van der Waals surface area contributed by atoms with Crippen molar-refractivity contribution in [2.45, 2.75) is 0 Å². The molecule has 0 amide bonds. The predicted molar refractivity (Wildman–Crippen MR) is 115 cm³/mol. The van der Waals surface area contributed by atoms with Crippen LogP contribution in [0.25, 0.3) is 43.8 Å². The van der Waals surface area contributed by atoms with Gasteiger partial charge in [-0.3, -0.25) is 4.98 Å². The predicted octanol–water partition coefficient (Wildman–Crippen LogP) is 7.38. The Kier molecular flexibility index (Phi) is 3.88. The van der Waals surface area contributed by atoms with Crippen LogP contribution < -0.4 is 0 Å². The number of benzene rings is 4. The summed E-state index contributed by atoms with van der Waals surface area (Å²) in [4.78, 5) is 4.37. The van der Waals surface area contributed by atoms with Crippen molar-refractivity contribution in [3.8, 4) is 22.3 Å². The maximum atomic E-state index is 6.42. The number of hydrogen-bond donors (Lipinski definition) is 0. The van der Waals surface area contributed by atoms with Gasteiger partial charge in [-0.1, -0.05) is 78.3 Å². The van der Waals surface area contributed by atoms with Crippen LogP contribution in [-0.2, 0) is 0 Å². The van der Waals surface area contributed by atoms with Crippen molar-refractivity contribution in [1.29, 1.82) is 0 Å². The number of pyridine rings is 1. The molecule has 0 aliphatic carbocycles. The number of aromatic nitrogens is 1. The number of rotatable bonds is 2. The molecule has 2 heteroatoms. The minimum absolute atomic E-state index is 0.743. The number of hydrogen-bond acceptors (Lipinski definition) is 1. The van der Waals surface area contributed by atoms with E-state index in [1.54, 1.807) is 0 Å². The summed E-state index contributed by atoms with van der Waals surface area (Å²) in [6.07, 6.45) is 3.75. The Morgan fingerprint density at radius 1 is 0.556 bits per heavy atom. The van der Waals surface area contributed by atoms with Gasteiger partial charge in [-0.25, -0.2) is 0 Å². The molecule has 1 heterocycles. The average Bonchev–Trinajstić information content (AvgIpc) is 2.74. The minimum Gasteiger partial charge on any atom is -0.264 e. The van der Waals surface area contributed by atoms with E-state index < -0.39 is 0 Å². The van der Waals surface area contributed by atoms with Crippen LogP contribution in [-0.4, -0.2) is 4.98 Å². The average molecular weight is 366 g/mol. The first-order chi connectivity index (χ1) is 13.3. The van der Waals surface area contributed by atoms with Crippen molar-refractivity contribution in [2.75, 3.05) is 0 Å². The van der Waals surface area contributed by atoms with Crippen LogP contribution in [0.15, 0.2) is 97.3 Å². The fourth-order valence-corrected chi connectivity index (χ4v) is 4.05. The minimum atomic E-state index is 0.743. The number of nitrogens with zero attached hydrogens (tertiary/aromatic N) is 1. The van der Waals surface area contributed by atoms with Crippen LogP contribution in [0.1, 0.15) is 0 Å². The summed E-state index contributed by atoms with van der Waals surface area (Å²) in [5.74, 6) is 0. The number of halogens is 1. The standard InChI is InChI=1S/C25H16ClN/c26-19-12-13-21-20-10-4-5-11-22(20)25(18-9-6-14-27-16-18)24(23(21)15-19)17-7-2-1-3-8-17/h1-16H. The van der Waals surface area contributed by atoms with E-state index in [9.17, 15) is 0 Å². The van der Waals surface area contributed by atoms with Crippen molar-refractivity contribution in [2.24, 2.45) is 0 Å². The highest BCUT2D eigenvalue weighted by Gasteiger charge is 2.17. The van der Waals surface area contributed by atoms with Gasteiger partial charge in [-0.05, 0) is 56.4 Å². The van der Waals surface area contributed by atoms with Gasteiger partial charge in [0, 0.05) is 23.0 Å². The lowest BCUT2D eigenvalue weighted by Gasteiger charge is -2.18. The molecule has 1 nitrogen and oxygen atoms in total. The first-order valence-electron chi connectivity index (χ1n) is 8.93. The van der Waals surface area contributed by atoms with E-state index in [2.05, 4.69) is 71.7 Å². The molecule has 0 aliphatic heterocycles. The molecule has 1 aromatic heterocycles. The molecule has 0 radical (unpaired) electrons. The van der Waals surface area contributed by atoms with Gasteiger partial charge in [-0.15, -0.1) is 0 Å². The highest BCUT2D eigenvalue weighted by molar-refractivity contribution is 6.32. The van der Waals surface area contributed by atoms with Crippen LogP contribution in [0.4, 0.5) is 0 Å². The largest absolute Gasteiger partial charge is 0.264 e. The molecule has 4 aromatic carbocycles. The Morgan fingerprint density at radius 2 is 1.22 bits per heavy atom. The summed E-state index contributed by atoms with van der Waals surface area (Å²) in [7, 11) is 0. The lowest BCUT2D eigenvalue weighted by Crippen LogP contribution is -1.92. The van der Waals surface area contributed by atoms with Crippen LogP contribution in [0, 0.1) is 0 Å². The SMILES string of the molecule is Clc1ccc2c(c1)c(-c1ccccc1)c(-c1cccnc1)c1ccccc12. The van der Waals surface area contributed by atoms with Crippen LogP contribution in [0.3, 0.4) is 0 Å². The van der Waals surface area contributed by atoms with Crippen LogP contribution in [0.2, 0.25) is 5.02 Å². The summed E-state index contributed by atoms with van der Waals surface area (Å²) < 4.78 is 0. The summed E-state index contributed by atoms with van der Waals surface area (Å²) in [6, 6.07) is 29.3. The number of fused-ring (bicyclic) bond motifs is 3. The molecule has 128 valence electrons. The second-order valence-electron chi connectivity index (χ2n) is 6.59. The zero-order chi connectivity index (χ0) is 18.2. The first kappa shape index (κ1) is 16.0. The lowest BCUT2D eigenvalue weighted by molar-refractivity contribution is 1.33. The van der Waals surface area contributed by atoms with Crippen molar-refractivity contribution < 1.29 is 0 Å². The third-order valence-corrected chi connectivity index (χ3v) is 5.24. The summed E-state index contributed by atoms with van der Waals surface area (Å²) in [5.41, 5.74) is 4.67. The second kappa shape index (κ2) is 6.53. The zero-order valence-electron chi connectivity index (χ0n) is 14.6. The van der Waals surface area contributed by atoms with E-state index >= 15 is 0 Å². The lowest BCUT2D eigenvalue weighted by atomic mass is 9.85. The fourth-order valence-electron chi connectivity index (χ4n) is 3.88. The molecular weight excluding hydrogens is 350 g/mol. The van der Waals surface area contributed by atoms with Crippen molar-refractivity contribution in [3.63, 3.8) is 0 Å². The molecule has 0 unspecified atom stereocenters. The van der Waals surface area contributed by atoms with E-state index in [-0.39, 0.29) is 0 Å². The first-order valence-corrected chi connectivity index (χ1v) is 9.30. The molecule has 5 rings (SSSR count). The van der Waals surface area contributed by atoms with Gasteiger partial charge in [0.1, 0.15) is 0 Å². The van der Waals surface area contributed by atoms with Gasteiger partial charge in [0.25, 0.3) is 0 Å². The Morgan fingerprint density at radius 3 is 2.00 bits per heavy atom. The molecule has 0 atom stereocenters. The van der Waals surface area contributed by atoms with Gasteiger partial charge >= 0.3 is 0 Å². The third-order valence-electron chi connectivity index (χ3n) is 5.00. The van der Waals surface area contributed by atoms with Crippen molar-refractivity contribution in [1.82, 2.24) is 4.98 Å². The fraction of sp³-hybridized carbons (Fsp3) is 0. The van der Waals surface area contributed by atoms with Gasteiger partial charge in [0.15, 0.2) is 0 Å². The molecular formula is C25H16ClN. The second-order valence-corrected chi connectivity index (χ2v) is 7.03. The molecule has 0 saturated carbocycles. The smallest absolute Gasteiger partial charge is 0.0412 e. The molecule has 0 bridgehead atoms. The van der Waals surface area contributed by atoms with E-state index in [4.69, 9.17) is 11.6 Å². The van der Waals surface area contributed by atoms with Gasteiger partial charge in [0.05, 0.1) is 0 Å². The van der Waals surface area contributed by atoms with Crippen molar-refractivity contribution in [3.05, 3.63) is 102 Å². The molecule has 0 N–H and O–H groups in total. The normalized spacial score (nSPS) is 11.1. The summed E-state index contributed by atoms with van der Waals surface area (Å²) in [6.45, 7) is 0. The molecule has 5 aromatic rings. The maximum Gasteiger partial charge on any atom is 0.0412 e. The summed E-state index contributed by atoms with van der Waals surface area (Å²) in [5, 5.41) is 5.56. The topological polar surface area (TPSA) is 12.9 Å². The van der Waals surface area contributed by atoms with Crippen molar-refractivity contribution >= 4 is 33.1 Å². The van der Waals surface area contributed by atoms with Gasteiger partial charge in [0.2, 0.25) is 0 Å². The zero-order valence-corrected chi connectivity index (χ0v) is 15.3. The van der Waals surface area contributed by atoms with E-state index in [0.717, 1.165) is 16.0 Å². The Balaban J connectivity index is 2.07. The molecule has 0 spiro atoms. The van der Waals surface area contributed by atoms with Gasteiger partial charge < -0.3 is 0 Å². The van der Waals surface area contributed by atoms with Crippen LogP contribution >= 0.6 is 11.6 Å². The monoisotopic (exact) mass is 365 g/mol. The highest BCUT2D eigenvalue weighted by Crippen LogP contribution is 2.44. The summed E-state index contributed by atoms with van der Waals surface area (Å²) >= 11 is 6.42.